The predicted octanol–water partition coefficient (Wildman–Crippen LogP) is 2.82. The SMILES string of the molecule is CC[C@H](C)C1OC(=O)[C@H](C)[C@@H](O)[C@H](C)[C@@H](O)C(C)C[C@@H](C)C(=O)[C@H](C)[C@@H](O)[C@H]1C. The number of esters is 1. The molecule has 0 spiro atoms. The molecular formula is C23H42O6. The number of ketones is 1. The van der Waals surface area contributed by atoms with Crippen LogP contribution in [0.2, 0.25) is 0 Å². The molecule has 1 fully saturated rings. The Hall–Kier alpha value is -0.980. The molecule has 0 aromatic heterocycles. The van der Waals surface area contributed by atoms with E-state index in [1.807, 2.05) is 34.6 Å². The highest BCUT2D eigenvalue weighted by Gasteiger charge is 2.41. The van der Waals surface area contributed by atoms with Crippen LogP contribution in [0.25, 0.3) is 0 Å². The molecule has 170 valence electrons. The van der Waals surface area contributed by atoms with Gasteiger partial charge >= 0.3 is 5.97 Å². The Labute approximate surface area is 176 Å². The second-order valence-corrected chi connectivity index (χ2v) is 9.57. The van der Waals surface area contributed by atoms with Gasteiger partial charge in [-0.15, -0.1) is 0 Å². The van der Waals surface area contributed by atoms with Gasteiger partial charge < -0.3 is 20.1 Å². The first-order valence-electron chi connectivity index (χ1n) is 11.1. The largest absolute Gasteiger partial charge is 0.461 e. The van der Waals surface area contributed by atoms with E-state index in [0.29, 0.717) is 6.42 Å². The van der Waals surface area contributed by atoms with Crippen LogP contribution in [0.3, 0.4) is 0 Å². The summed E-state index contributed by atoms with van der Waals surface area (Å²) in [4.78, 5) is 25.7. The molecule has 6 nitrogen and oxygen atoms in total. The van der Waals surface area contributed by atoms with Crippen molar-refractivity contribution in [2.24, 2.45) is 41.4 Å². The van der Waals surface area contributed by atoms with Gasteiger partial charge in [0.1, 0.15) is 11.9 Å². The van der Waals surface area contributed by atoms with E-state index in [2.05, 4.69) is 0 Å². The number of hydrogen-bond acceptors (Lipinski definition) is 6. The summed E-state index contributed by atoms with van der Waals surface area (Å²) in [6.07, 6.45) is -2.23. The topological polar surface area (TPSA) is 104 Å². The Morgan fingerprint density at radius 2 is 1.41 bits per heavy atom. The van der Waals surface area contributed by atoms with Gasteiger partial charge in [-0.25, -0.2) is 0 Å². The first-order valence-corrected chi connectivity index (χ1v) is 11.1. The lowest BCUT2D eigenvalue weighted by atomic mass is 9.76. The molecule has 1 heterocycles. The first-order chi connectivity index (χ1) is 13.3. The second kappa shape index (κ2) is 10.9. The second-order valence-electron chi connectivity index (χ2n) is 9.57. The zero-order chi connectivity index (χ0) is 22.6. The van der Waals surface area contributed by atoms with Gasteiger partial charge in [0.15, 0.2) is 0 Å². The molecule has 0 saturated carbocycles. The van der Waals surface area contributed by atoms with Crippen molar-refractivity contribution in [3.8, 4) is 0 Å². The highest BCUT2D eigenvalue weighted by molar-refractivity contribution is 5.83. The molecule has 29 heavy (non-hydrogen) atoms. The normalized spacial score (nSPS) is 44.7. The third-order valence-corrected chi connectivity index (χ3v) is 7.23. The van der Waals surface area contributed by atoms with E-state index < -0.39 is 54.1 Å². The molecular weight excluding hydrogens is 372 g/mol. The molecule has 2 unspecified atom stereocenters. The van der Waals surface area contributed by atoms with Crippen LogP contribution >= 0.6 is 0 Å². The van der Waals surface area contributed by atoms with Gasteiger partial charge in [-0.3, -0.25) is 9.59 Å². The third-order valence-electron chi connectivity index (χ3n) is 7.23. The van der Waals surface area contributed by atoms with E-state index in [9.17, 15) is 24.9 Å². The lowest BCUT2D eigenvalue weighted by Gasteiger charge is -2.37. The lowest BCUT2D eigenvalue weighted by molar-refractivity contribution is -0.170. The highest BCUT2D eigenvalue weighted by Crippen LogP contribution is 2.32. The smallest absolute Gasteiger partial charge is 0.311 e. The molecule has 0 radical (unpaired) electrons. The van der Waals surface area contributed by atoms with Crippen LogP contribution in [0.1, 0.15) is 68.2 Å². The van der Waals surface area contributed by atoms with Gasteiger partial charge in [0.05, 0.1) is 24.2 Å². The minimum atomic E-state index is -1.06. The van der Waals surface area contributed by atoms with Gasteiger partial charge in [-0.05, 0) is 25.2 Å². The van der Waals surface area contributed by atoms with Crippen LogP contribution in [-0.4, -0.2) is 51.5 Å². The van der Waals surface area contributed by atoms with Crippen molar-refractivity contribution in [3.63, 3.8) is 0 Å². The van der Waals surface area contributed by atoms with E-state index in [1.165, 1.54) is 0 Å². The summed E-state index contributed by atoms with van der Waals surface area (Å²) in [6, 6.07) is 0. The van der Waals surface area contributed by atoms with Gasteiger partial charge in [-0.2, -0.15) is 0 Å². The van der Waals surface area contributed by atoms with E-state index in [4.69, 9.17) is 4.74 Å². The predicted molar refractivity (Wildman–Crippen MR) is 112 cm³/mol. The van der Waals surface area contributed by atoms with Crippen molar-refractivity contribution in [3.05, 3.63) is 0 Å². The van der Waals surface area contributed by atoms with Crippen LogP contribution in [0, 0.1) is 41.4 Å². The highest BCUT2D eigenvalue weighted by atomic mass is 16.5. The molecule has 3 N–H and O–H groups in total. The molecule has 0 aromatic carbocycles. The number of carbonyl (C=O) groups is 2. The standard InChI is InChI=1S/C23H42O6/c1-9-11(2)22-16(7)20(26)14(5)18(24)12(3)10-13(4)19(25)15(6)21(27)17(8)23(28)29-22/h11-17,19-22,25-27H,9-10H2,1-8H3/t11-,12+,13?,14-,15+,16+,17+,19-,20+,21-,22?/m0/s1. The van der Waals surface area contributed by atoms with Crippen molar-refractivity contribution in [1.82, 2.24) is 0 Å². The molecule has 11 atom stereocenters. The minimum absolute atomic E-state index is 0.0105. The average molecular weight is 415 g/mol. The number of carbonyl (C=O) groups excluding carboxylic acids is 2. The summed E-state index contributed by atoms with van der Waals surface area (Å²) in [7, 11) is 0. The fourth-order valence-electron chi connectivity index (χ4n) is 4.61. The van der Waals surface area contributed by atoms with Gasteiger partial charge in [0, 0.05) is 23.7 Å². The van der Waals surface area contributed by atoms with Crippen LogP contribution in [0.15, 0.2) is 0 Å². The van der Waals surface area contributed by atoms with Crippen molar-refractivity contribution in [1.29, 1.82) is 0 Å². The van der Waals surface area contributed by atoms with E-state index in [1.54, 1.807) is 20.8 Å². The molecule has 1 aliphatic heterocycles. The Morgan fingerprint density at radius 3 is 1.93 bits per heavy atom. The van der Waals surface area contributed by atoms with Gasteiger partial charge in [0.2, 0.25) is 0 Å². The first kappa shape index (κ1) is 26.1. The van der Waals surface area contributed by atoms with Gasteiger partial charge in [0.25, 0.3) is 0 Å². The number of hydrogen-bond donors (Lipinski definition) is 3. The van der Waals surface area contributed by atoms with E-state index in [0.717, 1.165) is 6.42 Å². The van der Waals surface area contributed by atoms with Crippen molar-refractivity contribution in [2.45, 2.75) is 92.6 Å². The Balaban J connectivity index is 3.32. The van der Waals surface area contributed by atoms with E-state index in [-0.39, 0.29) is 23.5 Å². The lowest BCUT2D eigenvalue weighted by Crippen LogP contribution is -2.47. The van der Waals surface area contributed by atoms with Crippen molar-refractivity contribution >= 4 is 11.8 Å². The van der Waals surface area contributed by atoms with Gasteiger partial charge in [-0.1, -0.05) is 54.9 Å². The molecule has 6 heteroatoms. The fourth-order valence-corrected chi connectivity index (χ4v) is 4.61. The van der Waals surface area contributed by atoms with Crippen LogP contribution < -0.4 is 0 Å². The molecule has 1 rings (SSSR count). The number of rotatable bonds is 2. The summed E-state index contributed by atoms with van der Waals surface area (Å²) in [5, 5.41) is 32.3. The summed E-state index contributed by atoms with van der Waals surface area (Å²) in [5.41, 5.74) is 0. The Kier molecular flexibility index (Phi) is 9.77. The molecule has 0 amide bonds. The van der Waals surface area contributed by atoms with E-state index >= 15 is 0 Å². The molecule has 0 aromatic rings. The maximum Gasteiger partial charge on any atom is 0.311 e. The number of aliphatic hydroxyl groups excluding tert-OH is 3. The summed E-state index contributed by atoms with van der Waals surface area (Å²) in [5.74, 6) is -3.55. The Morgan fingerprint density at radius 1 is 0.897 bits per heavy atom. The summed E-state index contributed by atoms with van der Waals surface area (Å²) >= 11 is 0. The zero-order valence-electron chi connectivity index (χ0n) is 19.3. The quantitative estimate of drug-likeness (QED) is 0.600. The molecule has 1 saturated heterocycles. The number of ether oxygens (including phenoxy) is 1. The fraction of sp³-hybridized carbons (Fsp3) is 0.913. The molecule has 0 bridgehead atoms. The van der Waals surface area contributed by atoms with Crippen molar-refractivity contribution in [2.75, 3.05) is 0 Å². The number of cyclic esters (lactones) is 1. The zero-order valence-corrected chi connectivity index (χ0v) is 19.3. The summed E-state index contributed by atoms with van der Waals surface area (Å²) < 4.78 is 5.78. The van der Waals surface area contributed by atoms with Crippen LogP contribution in [0.5, 0.6) is 0 Å². The molecule has 1 aliphatic rings. The minimum Gasteiger partial charge on any atom is -0.461 e. The molecule has 0 aliphatic carbocycles. The monoisotopic (exact) mass is 414 g/mol. The van der Waals surface area contributed by atoms with Crippen molar-refractivity contribution < 1.29 is 29.6 Å². The Bertz CT molecular complexity index is 549. The van der Waals surface area contributed by atoms with Crippen LogP contribution in [-0.2, 0) is 14.3 Å². The van der Waals surface area contributed by atoms with Crippen LogP contribution in [0.4, 0.5) is 0 Å². The number of Topliss-reactive ketones (excluding diaryl/α,β-unsaturated/α-hetero) is 1. The third kappa shape index (κ3) is 6.02. The average Bonchev–Trinajstić information content (AvgIpc) is 2.71. The number of aliphatic hydroxyl groups is 3. The maximum absolute atomic E-state index is 12.9. The summed E-state index contributed by atoms with van der Waals surface area (Å²) in [6.45, 7) is 14.5. The maximum atomic E-state index is 12.9.